The zero-order chi connectivity index (χ0) is 20.4. The second-order valence-corrected chi connectivity index (χ2v) is 6.36. The highest BCUT2D eigenvalue weighted by molar-refractivity contribution is 6.02. The average molecular weight is 400 g/mol. The Bertz CT molecular complexity index is 1070. The molecule has 0 fully saturated rings. The van der Waals surface area contributed by atoms with Gasteiger partial charge in [-0.2, -0.15) is 13.2 Å². The second kappa shape index (κ2) is 7.42. The van der Waals surface area contributed by atoms with Gasteiger partial charge in [-0.25, -0.2) is 4.68 Å². The van der Waals surface area contributed by atoms with Gasteiger partial charge in [0.2, 0.25) is 5.91 Å². The third-order valence-corrected chi connectivity index (χ3v) is 4.36. The Hall–Kier alpha value is -3.62. The summed E-state index contributed by atoms with van der Waals surface area (Å²) < 4.78 is 45.0. The molecule has 9 heteroatoms. The van der Waals surface area contributed by atoms with E-state index in [2.05, 4.69) is 15.6 Å². The van der Waals surface area contributed by atoms with Gasteiger partial charge in [-0.15, -0.1) is 5.10 Å². The van der Waals surface area contributed by atoms with Gasteiger partial charge in [-0.05, 0) is 53.6 Å². The van der Waals surface area contributed by atoms with Crippen molar-refractivity contribution in [2.45, 2.75) is 12.6 Å². The molecule has 0 saturated carbocycles. The third kappa shape index (κ3) is 4.13. The first kappa shape index (κ1) is 18.7. The molecule has 1 aliphatic heterocycles. The van der Waals surface area contributed by atoms with Crippen LogP contribution in [0.2, 0.25) is 0 Å². The van der Waals surface area contributed by atoms with E-state index in [4.69, 9.17) is 4.74 Å². The van der Waals surface area contributed by atoms with Crippen LogP contribution in [0.3, 0.4) is 0 Å². The summed E-state index contributed by atoms with van der Waals surface area (Å²) in [5.74, 6) is 0.513. The lowest BCUT2D eigenvalue weighted by Crippen LogP contribution is -2.13. The Morgan fingerprint density at radius 2 is 1.97 bits per heavy atom. The molecule has 1 N–H and O–H groups in total. The summed E-state index contributed by atoms with van der Waals surface area (Å²) in [5.41, 5.74) is 1.64. The van der Waals surface area contributed by atoms with Crippen molar-refractivity contribution in [1.82, 2.24) is 15.0 Å². The van der Waals surface area contributed by atoms with Crippen LogP contribution in [0, 0.1) is 0 Å². The van der Waals surface area contributed by atoms with E-state index in [9.17, 15) is 18.0 Å². The normalized spacial score (nSPS) is 13.3. The van der Waals surface area contributed by atoms with Crippen molar-refractivity contribution < 1.29 is 22.7 Å². The lowest BCUT2D eigenvalue weighted by atomic mass is 10.1. The van der Waals surface area contributed by atoms with Crippen molar-refractivity contribution in [3.05, 3.63) is 71.6 Å². The van der Waals surface area contributed by atoms with E-state index in [1.54, 1.807) is 6.08 Å². The number of ether oxygens (including phenoxy) is 1. The van der Waals surface area contributed by atoms with Gasteiger partial charge in [-0.1, -0.05) is 11.3 Å². The molecule has 6 nitrogen and oxygen atoms in total. The molecule has 0 bridgehead atoms. The van der Waals surface area contributed by atoms with Crippen molar-refractivity contribution >= 4 is 17.7 Å². The van der Waals surface area contributed by atoms with Crippen LogP contribution >= 0.6 is 0 Å². The first-order valence-corrected chi connectivity index (χ1v) is 8.73. The molecule has 0 spiro atoms. The van der Waals surface area contributed by atoms with Gasteiger partial charge in [0.1, 0.15) is 5.75 Å². The number of benzene rings is 2. The zero-order valence-electron chi connectivity index (χ0n) is 15.0. The number of carbonyl (C=O) groups is 1. The summed E-state index contributed by atoms with van der Waals surface area (Å²) in [5, 5.41) is 9.45. The number of hydrogen-bond acceptors (Lipinski definition) is 4. The van der Waals surface area contributed by atoms with Crippen molar-refractivity contribution in [1.29, 1.82) is 0 Å². The summed E-state index contributed by atoms with van der Waals surface area (Å²) in [6.45, 7) is 0.665. The maximum atomic E-state index is 12.9. The molecule has 0 unspecified atom stereocenters. The highest BCUT2D eigenvalue weighted by Crippen LogP contribution is 2.30. The topological polar surface area (TPSA) is 69.0 Å². The van der Waals surface area contributed by atoms with E-state index < -0.39 is 11.9 Å². The van der Waals surface area contributed by atoms with Crippen molar-refractivity contribution in [2.24, 2.45) is 0 Å². The lowest BCUT2D eigenvalue weighted by molar-refractivity contribution is -0.142. The fourth-order valence-corrected chi connectivity index (χ4v) is 2.97. The van der Waals surface area contributed by atoms with Gasteiger partial charge in [0.15, 0.2) is 5.69 Å². The molecule has 148 valence electrons. The minimum atomic E-state index is -4.56. The molecule has 3 aromatic rings. The molecule has 1 aromatic heterocycles. The quantitative estimate of drug-likeness (QED) is 0.675. The predicted octanol–water partition coefficient (Wildman–Crippen LogP) is 3.87. The predicted molar refractivity (Wildman–Crippen MR) is 99.7 cm³/mol. The molecular weight excluding hydrogens is 385 g/mol. The van der Waals surface area contributed by atoms with Gasteiger partial charge in [0.25, 0.3) is 0 Å². The van der Waals surface area contributed by atoms with Crippen LogP contribution in [0.15, 0.2) is 54.7 Å². The summed E-state index contributed by atoms with van der Waals surface area (Å²) in [6, 6.07) is 11.5. The van der Waals surface area contributed by atoms with E-state index in [1.165, 1.54) is 30.3 Å². The summed E-state index contributed by atoms with van der Waals surface area (Å²) >= 11 is 0. The number of fused-ring (bicyclic) bond motifs is 1. The molecule has 0 radical (unpaired) electrons. The van der Waals surface area contributed by atoms with Crippen LogP contribution in [0.25, 0.3) is 11.8 Å². The number of halogens is 3. The van der Waals surface area contributed by atoms with Crippen LogP contribution in [0.5, 0.6) is 5.75 Å². The number of nitrogens with one attached hydrogen (secondary N) is 1. The minimum absolute atomic E-state index is 0.184. The van der Waals surface area contributed by atoms with Gasteiger partial charge >= 0.3 is 6.18 Å². The van der Waals surface area contributed by atoms with Gasteiger partial charge in [0, 0.05) is 18.2 Å². The largest absolute Gasteiger partial charge is 0.493 e. The molecule has 29 heavy (non-hydrogen) atoms. The molecule has 1 aliphatic rings. The number of hydrogen-bond donors (Lipinski definition) is 1. The van der Waals surface area contributed by atoms with Crippen molar-refractivity contribution in [2.75, 3.05) is 11.9 Å². The maximum Gasteiger partial charge on any atom is 0.435 e. The first-order valence-electron chi connectivity index (χ1n) is 8.73. The highest BCUT2D eigenvalue weighted by Gasteiger charge is 2.36. The third-order valence-electron chi connectivity index (χ3n) is 4.36. The summed E-state index contributed by atoms with van der Waals surface area (Å²) in [7, 11) is 0. The number of anilines is 1. The lowest BCUT2D eigenvalue weighted by Gasteiger charge is -2.09. The van der Waals surface area contributed by atoms with Gasteiger partial charge < -0.3 is 10.1 Å². The number of carbonyl (C=O) groups excluding carboxylic acids is 1. The fourth-order valence-electron chi connectivity index (χ4n) is 2.97. The van der Waals surface area contributed by atoms with Gasteiger partial charge in [-0.3, -0.25) is 4.79 Å². The SMILES string of the molecule is O=C(C=Cc1ccc2c(c1)CCO2)Nc1ccc(-n2nncc2C(F)(F)F)cc1. The zero-order valence-corrected chi connectivity index (χ0v) is 15.0. The summed E-state index contributed by atoms with van der Waals surface area (Å²) in [4.78, 5) is 12.1. The van der Waals surface area contributed by atoms with E-state index in [-0.39, 0.29) is 11.6 Å². The number of nitrogens with zero attached hydrogens (tertiary/aromatic N) is 3. The number of rotatable bonds is 4. The standard InChI is InChI=1S/C20H15F3N4O2/c21-20(22,23)18-12-24-26-27(18)16-5-3-15(4-6-16)25-19(28)8-2-13-1-7-17-14(11-13)9-10-29-17/h1-8,11-12H,9-10H2,(H,25,28). The van der Waals surface area contributed by atoms with E-state index in [0.29, 0.717) is 23.2 Å². The first-order chi connectivity index (χ1) is 13.9. The molecule has 2 aromatic carbocycles. The van der Waals surface area contributed by atoms with Crippen LogP contribution in [0.1, 0.15) is 16.8 Å². The molecular formula is C20H15F3N4O2. The van der Waals surface area contributed by atoms with Gasteiger partial charge in [0.05, 0.1) is 18.5 Å². The Kier molecular flexibility index (Phi) is 4.79. The Balaban J connectivity index is 1.42. The molecule has 2 heterocycles. The average Bonchev–Trinajstić information content (AvgIpc) is 3.35. The van der Waals surface area contributed by atoms with Crippen LogP contribution in [0.4, 0.5) is 18.9 Å². The Morgan fingerprint density at radius 1 is 1.17 bits per heavy atom. The van der Waals surface area contributed by atoms with Crippen LogP contribution in [-0.4, -0.2) is 27.5 Å². The molecule has 0 saturated heterocycles. The maximum absolute atomic E-state index is 12.9. The molecule has 1 amide bonds. The minimum Gasteiger partial charge on any atom is -0.493 e. The van der Waals surface area contributed by atoms with E-state index in [1.807, 2.05) is 18.2 Å². The van der Waals surface area contributed by atoms with E-state index in [0.717, 1.165) is 23.3 Å². The van der Waals surface area contributed by atoms with Crippen molar-refractivity contribution in [3.63, 3.8) is 0 Å². The smallest absolute Gasteiger partial charge is 0.435 e. The van der Waals surface area contributed by atoms with Crippen LogP contribution in [-0.2, 0) is 17.4 Å². The van der Waals surface area contributed by atoms with E-state index >= 15 is 0 Å². The molecule has 0 atom stereocenters. The number of aromatic nitrogens is 3. The fraction of sp³-hybridized carbons (Fsp3) is 0.150. The Labute approximate surface area is 163 Å². The van der Waals surface area contributed by atoms with Crippen LogP contribution < -0.4 is 10.1 Å². The Morgan fingerprint density at radius 3 is 2.72 bits per heavy atom. The second-order valence-electron chi connectivity index (χ2n) is 6.36. The summed E-state index contributed by atoms with van der Waals surface area (Å²) in [6.07, 6.45) is 0.0196. The van der Waals surface area contributed by atoms with Crippen molar-refractivity contribution in [3.8, 4) is 11.4 Å². The monoisotopic (exact) mass is 400 g/mol. The number of amides is 1. The molecule has 0 aliphatic carbocycles. The highest BCUT2D eigenvalue weighted by atomic mass is 19.4. The molecule has 4 rings (SSSR count). The number of alkyl halides is 3.